The van der Waals surface area contributed by atoms with E-state index in [0.29, 0.717) is 17.2 Å². The molecule has 1 aliphatic heterocycles. The van der Waals surface area contributed by atoms with Crippen LogP contribution in [0.1, 0.15) is 5.56 Å². The number of hydrogen-bond acceptors (Lipinski definition) is 6. The Bertz CT molecular complexity index is 1340. The third-order valence-corrected chi connectivity index (χ3v) is 5.05. The molecule has 1 aliphatic rings. The minimum atomic E-state index is -0.461. The van der Waals surface area contributed by atoms with Crippen molar-refractivity contribution in [2.45, 2.75) is 6.92 Å². The minimum absolute atomic E-state index is 0.0508. The summed E-state index contributed by atoms with van der Waals surface area (Å²) >= 11 is 0. The van der Waals surface area contributed by atoms with Crippen LogP contribution in [0.25, 0.3) is 16.9 Å². The quantitative estimate of drug-likeness (QED) is 0.523. The van der Waals surface area contributed by atoms with E-state index in [9.17, 15) is 9.59 Å². The average molecular weight is 425 g/mol. The number of pyridine rings is 1. The van der Waals surface area contributed by atoms with Gasteiger partial charge in [-0.3, -0.25) is 24.6 Å². The Morgan fingerprint density at radius 2 is 1.84 bits per heavy atom. The number of hydrazine groups is 1. The van der Waals surface area contributed by atoms with Gasteiger partial charge in [0.05, 0.1) is 28.6 Å². The number of rotatable bonds is 4. The van der Waals surface area contributed by atoms with Gasteiger partial charge in [0, 0.05) is 0 Å². The summed E-state index contributed by atoms with van der Waals surface area (Å²) in [6.45, 7) is 1.85. The fraction of sp³-hybridized carbons (Fsp3) is 0.0870. The molecule has 32 heavy (non-hydrogen) atoms. The molecule has 5 rings (SSSR count). The molecule has 3 heterocycles. The monoisotopic (exact) mass is 425 g/mol. The Balaban J connectivity index is 1.30. The maximum atomic E-state index is 12.7. The smallest absolute Gasteiger partial charge is 0.292 e. The van der Waals surface area contributed by atoms with Crippen LogP contribution in [0.5, 0.6) is 0 Å². The van der Waals surface area contributed by atoms with Gasteiger partial charge in [0.2, 0.25) is 5.84 Å². The van der Waals surface area contributed by atoms with Crippen LogP contribution in [0.3, 0.4) is 0 Å². The van der Waals surface area contributed by atoms with Gasteiger partial charge in [0.15, 0.2) is 0 Å². The number of aliphatic imine (C=N–C) groups is 1. The highest BCUT2D eigenvalue weighted by Crippen LogP contribution is 2.18. The van der Waals surface area contributed by atoms with Gasteiger partial charge in [-0.25, -0.2) is 15.0 Å². The number of nitrogens with one attached hydrogen (secondary N) is 2. The highest BCUT2D eigenvalue weighted by Gasteiger charge is 2.25. The fourth-order valence-electron chi connectivity index (χ4n) is 3.38. The van der Waals surface area contributed by atoms with E-state index < -0.39 is 5.91 Å². The molecule has 0 atom stereocenters. The number of amides is 2. The van der Waals surface area contributed by atoms with Gasteiger partial charge < -0.3 is 5.32 Å². The molecule has 0 saturated heterocycles. The van der Waals surface area contributed by atoms with Crippen molar-refractivity contribution in [1.29, 1.82) is 0 Å². The van der Waals surface area contributed by atoms with Gasteiger partial charge in [-0.1, -0.05) is 29.8 Å². The highest BCUT2D eigenvalue weighted by atomic mass is 16.2. The van der Waals surface area contributed by atoms with Crippen molar-refractivity contribution in [1.82, 2.24) is 20.0 Å². The van der Waals surface area contributed by atoms with Gasteiger partial charge in [-0.2, -0.15) is 0 Å². The zero-order valence-electron chi connectivity index (χ0n) is 17.2. The third kappa shape index (κ3) is 3.67. The molecule has 0 saturated carbocycles. The van der Waals surface area contributed by atoms with Crippen molar-refractivity contribution in [2.75, 3.05) is 16.9 Å². The summed E-state index contributed by atoms with van der Waals surface area (Å²) in [5, 5.41) is 4.09. The lowest BCUT2D eigenvalue weighted by Gasteiger charge is -2.27. The number of amidine groups is 1. The minimum Gasteiger partial charge on any atom is -0.318 e. The van der Waals surface area contributed by atoms with E-state index in [1.165, 1.54) is 5.01 Å². The summed E-state index contributed by atoms with van der Waals surface area (Å²) in [6, 6.07) is 18.7. The predicted octanol–water partition coefficient (Wildman–Crippen LogP) is 2.62. The van der Waals surface area contributed by atoms with E-state index >= 15 is 0 Å². The first kappa shape index (κ1) is 19.4. The highest BCUT2D eigenvalue weighted by molar-refractivity contribution is 6.43. The molecule has 0 radical (unpaired) electrons. The summed E-state index contributed by atoms with van der Waals surface area (Å²) in [7, 11) is 0. The second-order valence-corrected chi connectivity index (χ2v) is 7.30. The fourth-order valence-corrected chi connectivity index (χ4v) is 3.38. The first-order valence-electron chi connectivity index (χ1n) is 9.99. The van der Waals surface area contributed by atoms with Crippen LogP contribution in [-0.2, 0) is 9.59 Å². The number of anilines is 2. The Labute approximate surface area is 183 Å². The van der Waals surface area contributed by atoms with E-state index in [2.05, 4.69) is 25.7 Å². The predicted molar refractivity (Wildman–Crippen MR) is 122 cm³/mol. The molecule has 2 aromatic carbocycles. The first-order valence-corrected chi connectivity index (χ1v) is 9.99. The van der Waals surface area contributed by atoms with Crippen LogP contribution < -0.4 is 15.8 Å². The largest absolute Gasteiger partial charge is 0.318 e. The number of carbonyl (C=O) groups excluding carboxylic acids is 2. The molecular weight excluding hydrogens is 406 g/mol. The van der Waals surface area contributed by atoms with Crippen molar-refractivity contribution in [3.8, 4) is 5.82 Å². The Morgan fingerprint density at radius 1 is 1.03 bits per heavy atom. The molecule has 0 bridgehead atoms. The number of hydrogen-bond donors (Lipinski definition) is 2. The van der Waals surface area contributed by atoms with Gasteiger partial charge in [-0.05, 0) is 43.3 Å². The normalized spacial score (nSPS) is 13.6. The number of aryl methyl sites for hydroxylation is 1. The Morgan fingerprint density at radius 3 is 2.62 bits per heavy atom. The molecule has 0 aliphatic carbocycles. The summed E-state index contributed by atoms with van der Waals surface area (Å²) in [5.41, 5.74) is 6.84. The number of imidazole rings is 1. The number of para-hydroxylation sites is 2. The lowest BCUT2D eigenvalue weighted by atomic mass is 10.2. The number of benzene rings is 2. The number of carbonyl (C=O) groups is 2. The van der Waals surface area contributed by atoms with Gasteiger partial charge in [-0.15, -0.1) is 0 Å². The lowest BCUT2D eigenvalue weighted by molar-refractivity contribution is -0.118. The van der Waals surface area contributed by atoms with E-state index in [1.54, 1.807) is 24.7 Å². The third-order valence-electron chi connectivity index (χ3n) is 5.05. The second-order valence-electron chi connectivity index (χ2n) is 7.30. The van der Waals surface area contributed by atoms with Crippen LogP contribution in [0.2, 0.25) is 0 Å². The SMILES string of the molecule is Cc1ccc(N2NC(C(=O)Nc3ccc(-n4cnc5ccccc54)nc3)=NCC2=O)cc1. The summed E-state index contributed by atoms with van der Waals surface area (Å²) < 4.78 is 1.87. The molecule has 158 valence electrons. The number of nitrogens with zero attached hydrogens (tertiary/aromatic N) is 5. The second kappa shape index (κ2) is 7.95. The molecule has 2 amide bonds. The van der Waals surface area contributed by atoms with Crippen molar-refractivity contribution in [2.24, 2.45) is 4.99 Å². The topological polar surface area (TPSA) is 105 Å². The molecule has 0 unspecified atom stereocenters. The van der Waals surface area contributed by atoms with E-state index in [1.807, 2.05) is 60.0 Å². The molecule has 9 nitrogen and oxygen atoms in total. The zero-order chi connectivity index (χ0) is 22.1. The number of aromatic nitrogens is 3. The van der Waals surface area contributed by atoms with Crippen molar-refractivity contribution >= 4 is 40.1 Å². The van der Waals surface area contributed by atoms with Crippen LogP contribution in [0, 0.1) is 6.92 Å². The maximum absolute atomic E-state index is 12.7. The summed E-state index contributed by atoms with van der Waals surface area (Å²) in [4.78, 5) is 37.8. The average Bonchev–Trinajstić information content (AvgIpc) is 3.25. The van der Waals surface area contributed by atoms with E-state index in [4.69, 9.17) is 0 Å². The van der Waals surface area contributed by atoms with Crippen molar-refractivity contribution in [3.63, 3.8) is 0 Å². The van der Waals surface area contributed by atoms with Crippen LogP contribution in [-0.4, -0.2) is 38.7 Å². The lowest BCUT2D eigenvalue weighted by Crippen LogP contribution is -2.54. The van der Waals surface area contributed by atoms with Crippen LogP contribution >= 0.6 is 0 Å². The van der Waals surface area contributed by atoms with Crippen LogP contribution in [0.15, 0.2) is 78.2 Å². The molecule has 2 N–H and O–H groups in total. The van der Waals surface area contributed by atoms with E-state index in [-0.39, 0.29) is 18.3 Å². The van der Waals surface area contributed by atoms with Gasteiger partial charge >= 0.3 is 0 Å². The number of fused-ring (bicyclic) bond motifs is 1. The molecule has 0 fully saturated rings. The first-order chi connectivity index (χ1) is 15.6. The molecule has 9 heteroatoms. The Hall–Kier alpha value is -4.53. The molecular formula is C23H19N7O2. The maximum Gasteiger partial charge on any atom is 0.292 e. The molecule has 2 aromatic heterocycles. The van der Waals surface area contributed by atoms with Gasteiger partial charge in [0.1, 0.15) is 18.7 Å². The molecule has 4 aromatic rings. The summed E-state index contributed by atoms with van der Waals surface area (Å²) in [5.74, 6) is 0.0250. The summed E-state index contributed by atoms with van der Waals surface area (Å²) in [6.07, 6.45) is 3.27. The van der Waals surface area contributed by atoms with Crippen LogP contribution in [0.4, 0.5) is 11.4 Å². The van der Waals surface area contributed by atoms with Crippen molar-refractivity contribution < 1.29 is 9.59 Å². The molecule has 0 spiro atoms. The Kier molecular flexibility index (Phi) is 4.83. The van der Waals surface area contributed by atoms with E-state index in [0.717, 1.165) is 16.6 Å². The zero-order valence-corrected chi connectivity index (χ0v) is 17.2. The van der Waals surface area contributed by atoms with Crippen molar-refractivity contribution in [3.05, 3.63) is 78.8 Å². The standard InChI is InChI=1S/C23H19N7O2/c1-15-6-9-17(10-7-15)30-21(31)13-25-22(28-30)23(32)27-16-8-11-20(24-12-16)29-14-26-18-4-2-3-5-19(18)29/h2-12,14H,13H2,1H3,(H,25,28)(H,27,32). The van der Waals surface area contributed by atoms with Gasteiger partial charge in [0.25, 0.3) is 11.8 Å².